The minimum Gasteiger partial charge on any atom is -0.355 e. The zero-order valence-electron chi connectivity index (χ0n) is 10.3. The van der Waals surface area contributed by atoms with Gasteiger partial charge in [0.15, 0.2) is 5.78 Å². The highest BCUT2D eigenvalue weighted by Gasteiger charge is 2.21. The Bertz CT molecular complexity index is 485. The molecule has 1 N–H and O–H groups in total. The summed E-state index contributed by atoms with van der Waals surface area (Å²) in [6.07, 6.45) is 0.285. The van der Waals surface area contributed by atoms with Gasteiger partial charge in [0, 0.05) is 26.1 Å². The summed E-state index contributed by atoms with van der Waals surface area (Å²) in [6, 6.07) is 3.34. The van der Waals surface area contributed by atoms with Gasteiger partial charge in [-0.1, -0.05) is 6.07 Å². The van der Waals surface area contributed by atoms with E-state index in [0.717, 1.165) is 12.1 Å². The molecule has 1 aliphatic rings. The van der Waals surface area contributed by atoms with Crippen molar-refractivity contribution in [3.05, 3.63) is 35.4 Å². The van der Waals surface area contributed by atoms with E-state index in [4.69, 9.17) is 0 Å². The van der Waals surface area contributed by atoms with Gasteiger partial charge in [0.25, 0.3) is 0 Å². The number of hydrogen-bond acceptors (Lipinski definition) is 3. The predicted molar refractivity (Wildman–Crippen MR) is 64.8 cm³/mol. The fourth-order valence-corrected chi connectivity index (χ4v) is 2.02. The van der Waals surface area contributed by atoms with E-state index < -0.39 is 23.0 Å². The highest BCUT2D eigenvalue weighted by molar-refractivity contribution is 5.98. The lowest BCUT2D eigenvalue weighted by atomic mass is 10.1. The Balaban J connectivity index is 2.06. The number of Topliss-reactive ketones (excluding diaryl/α,β-unsaturated/α-hetero) is 1. The molecule has 0 aromatic heterocycles. The monoisotopic (exact) mass is 268 g/mol. The van der Waals surface area contributed by atoms with Gasteiger partial charge in [-0.25, -0.2) is 8.78 Å². The second kappa shape index (κ2) is 5.88. The van der Waals surface area contributed by atoms with Crippen molar-refractivity contribution >= 4 is 11.7 Å². The van der Waals surface area contributed by atoms with Gasteiger partial charge in [-0.2, -0.15) is 0 Å². The van der Waals surface area contributed by atoms with Crippen molar-refractivity contribution in [2.45, 2.75) is 6.42 Å². The van der Waals surface area contributed by atoms with Crippen LogP contribution in [-0.4, -0.2) is 42.8 Å². The van der Waals surface area contributed by atoms with Gasteiger partial charge < -0.3 is 5.32 Å². The van der Waals surface area contributed by atoms with Crippen molar-refractivity contribution in [1.29, 1.82) is 0 Å². The maximum Gasteiger partial charge on any atom is 0.221 e. The van der Waals surface area contributed by atoms with Crippen LogP contribution in [-0.2, 0) is 4.79 Å². The van der Waals surface area contributed by atoms with Gasteiger partial charge in [-0.05, 0) is 12.1 Å². The molecule has 0 spiro atoms. The van der Waals surface area contributed by atoms with Crippen LogP contribution in [0.2, 0.25) is 0 Å². The minimum atomic E-state index is -0.853. The zero-order valence-corrected chi connectivity index (χ0v) is 10.3. The van der Waals surface area contributed by atoms with E-state index in [1.165, 1.54) is 6.07 Å². The van der Waals surface area contributed by atoms with E-state index in [1.54, 1.807) is 4.90 Å². The molecule has 2 rings (SSSR count). The summed E-state index contributed by atoms with van der Waals surface area (Å²) in [5, 5.41) is 2.67. The Morgan fingerprint density at radius 1 is 1.26 bits per heavy atom. The highest BCUT2D eigenvalue weighted by Crippen LogP contribution is 2.13. The third kappa shape index (κ3) is 3.35. The fraction of sp³-hybridized carbons (Fsp3) is 0.385. The molecule has 0 aliphatic carbocycles. The molecule has 1 saturated heterocycles. The first-order chi connectivity index (χ1) is 9.08. The van der Waals surface area contributed by atoms with Gasteiger partial charge >= 0.3 is 0 Å². The van der Waals surface area contributed by atoms with E-state index in [1.807, 2.05) is 0 Å². The second-order valence-corrected chi connectivity index (χ2v) is 4.40. The molecule has 1 aromatic carbocycles. The number of benzene rings is 1. The molecule has 0 unspecified atom stereocenters. The van der Waals surface area contributed by atoms with E-state index in [2.05, 4.69) is 5.32 Å². The van der Waals surface area contributed by atoms with Crippen LogP contribution in [0.25, 0.3) is 0 Å². The molecule has 4 nitrogen and oxygen atoms in total. The number of carbonyl (C=O) groups excluding carboxylic acids is 2. The number of rotatable bonds is 3. The average molecular weight is 268 g/mol. The summed E-state index contributed by atoms with van der Waals surface area (Å²) in [6.45, 7) is 1.25. The smallest absolute Gasteiger partial charge is 0.221 e. The van der Waals surface area contributed by atoms with Gasteiger partial charge in [0.05, 0.1) is 12.1 Å². The second-order valence-electron chi connectivity index (χ2n) is 4.40. The first kappa shape index (κ1) is 13.6. The summed E-state index contributed by atoms with van der Waals surface area (Å²) >= 11 is 0. The number of halogens is 2. The van der Waals surface area contributed by atoms with Gasteiger partial charge in [0.2, 0.25) is 5.91 Å². The Hall–Kier alpha value is -1.82. The third-order valence-electron chi connectivity index (χ3n) is 3.01. The van der Waals surface area contributed by atoms with Crippen LogP contribution in [0.3, 0.4) is 0 Å². The van der Waals surface area contributed by atoms with Gasteiger partial charge in [0.1, 0.15) is 11.6 Å². The maximum atomic E-state index is 13.5. The molecule has 0 radical (unpaired) electrons. The lowest BCUT2D eigenvalue weighted by molar-refractivity contribution is -0.120. The standard InChI is InChI=1S/C13H14F2N2O2/c14-9-2-1-3-10(15)13(9)11(18)8-17-6-4-12(19)16-5-7-17/h1-3H,4-8H2,(H,16,19). The Labute approximate surface area is 109 Å². The minimum absolute atomic E-state index is 0.0768. The number of hydrogen-bond donors (Lipinski definition) is 1. The number of amides is 1. The quantitative estimate of drug-likeness (QED) is 0.831. The van der Waals surface area contributed by atoms with E-state index >= 15 is 0 Å². The average Bonchev–Trinajstić information content (AvgIpc) is 2.54. The maximum absolute atomic E-state index is 13.5. The third-order valence-corrected chi connectivity index (χ3v) is 3.01. The van der Waals surface area contributed by atoms with Crippen LogP contribution in [0, 0.1) is 11.6 Å². The molecule has 19 heavy (non-hydrogen) atoms. The first-order valence-corrected chi connectivity index (χ1v) is 6.04. The molecule has 1 aliphatic heterocycles. The summed E-state index contributed by atoms with van der Waals surface area (Å²) < 4.78 is 26.9. The van der Waals surface area contributed by atoms with E-state index in [9.17, 15) is 18.4 Å². The molecule has 6 heteroatoms. The number of ketones is 1. The normalized spacial score (nSPS) is 16.8. The molecule has 1 aromatic rings. The number of nitrogens with zero attached hydrogens (tertiary/aromatic N) is 1. The Morgan fingerprint density at radius 3 is 2.63 bits per heavy atom. The molecule has 0 saturated carbocycles. The molecule has 0 bridgehead atoms. The molecule has 1 amide bonds. The van der Waals surface area contributed by atoms with Crippen LogP contribution >= 0.6 is 0 Å². The number of nitrogens with one attached hydrogen (secondary N) is 1. The zero-order chi connectivity index (χ0) is 13.8. The van der Waals surface area contributed by atoms with Crippen LogP contribution in [0.4, 0.5) is 8.78 Å². The molecule has 1 heterocycles. The lowest BCUT2D eigenvalue weighted by Crippen LogP contribution is -2.33. The number of carbonyl (C=O) groups is 2. The molecule has 102 valence electrons. The SMILES string of the molecule is O=C1CCN(CC(=O)c2c(F)cccc2F)CCN1. The molecule has 0 atom stereocenters. The van der Waals surface area contributed by atoms with Crippen molar-refractivity contribution < 1.29 is 18.4 Å². The summed E-state index contributed by atoms with van der Waals surface area (Å²) in [5.41, 5.74) is -0.508. The van der Waals surface area contributed by atoms with Gasteiger partial charge in [-0.15, -0.1) is 0 Å². The van der Waals surface area contributed by atoms with Gasteiger partial charge in [-0.3, -0.25) is 14.5 Å². The summed E-state index contributed by atoms with van der Waals surface area (Å²) in [4.78, 5) is 24.8. The summed E-state index contributed by atoms with van der Waals surface area (Å²) in [7, 11) is 0. The largest absolute Gasteiger partial charge is 0.355 e. The van der Waals surface area contributed by atoms with Crippen LogP contribution in [0.5, 0.6) is 0 Å². The Morgan fingerprint density at radius 2 is 1.95 bits per heavy atom. The highest BCUT2D eigenvalue weighted by atomic mass is 19.1. The van der Waals surface area contributed by atoms with Crippen LogP contribution < -0.4 is 5.32 Å². The van der Waals surface area contributed by atoms with Crippen molar-refractivity contribution in [2.75, 3.05) is 26.2 Å². The van der Waals surface area contributed by atoms with Crippen LogP contribution in [0.1, 0.15) is 16.8 Å². The lowest BCUT2D eigenvalue weighted by Gasteiger charge is -2.18. The van der Waals surface area contributed by atoms with Crippen molar-refractivity contribution in [3.63, 3.8) is 0 Å². The molecule has 1 fully saturated rings. The first-order valence-electron chi connectivity index (χ1n) is 6.04. The van der Waals surface area contributed by atoms with Crippen molar-refractivity contribution in [1.82, 2.24) is 10.2 Å². The molecular weight excluding hydrogens is 254 g/mol. The Kier molecular flexibility index (Phi) is 4.21. The topological polar surface area (TPSA) is 49.4 Å². The van der Waals surface area contributed by atoms with Crippen molar-refractivity contribution in [2.24, 2.45) is 0 Å². The van der Waals surface area contributed by atoms with E-state index in [-0.39, 0.29) is 18.9 Å². The van der Waals surface area contributed by atoms with E-state index in [0.29, 0.717) is 19.6 Å². The van der Waals surface area contributed by atoms with Crippen molar-refractivity contribution in [3.8, 4) is 0 Å². The molecular formula is C13H14F2N2O2. The summed E-state index contributed by atoms with van der Waals surface area (Å²) in [5.74, 6) is -2.39. The van der Waals surface area contributed by atoms with Crippen LogP contribution in [0.15, 0.2) is 18.2 Å². The fourth-order valence-electron chi connectivity index (χ4n) is 2.02. The predicted octanol–water partition coefficient (Wildman–Crippen LogP) is 0.969.